The molecule has 2 saturated carbocycles. The number of rotatable bonds is 10. The van der Waals surface area contributed by atoms with Crippen molar-refractivity contribution in [3.8, 4) is 0 Å². The molecule has 0 heterocycles. The van der Waals surface area contributed by atoms with E-state index in [1.54, 1.807) is 6.47 Å². The summed E-state index contributed by atoms with van der Waals surface area (Å²) < 4.78 is 9.57. The first-order valence-electron chi connectivity index (χ1n) is 10.5. The molecule has 0 aromatic rings. The Labute approximate surface area is 153 Å². The number of esters is 1. The molecule has 1 N–H and O–H groups in total. The standard InChI is InChI=1S/C21H36O4/c1-2-3-4-5-6-7-17-8-12-20(13-9-17)25-21(23)18-10-14-19(15-11-18)24-16-22/h17-20,24H,2-15H2,1H3. The van der Waals surface area contributed by atoms with Gasteiger partial charge in [-0.2, -0.15) is 0 Å². The average Bonchev–Trinajstić information content (AvgIpc) is 2.64. The van der Waals surface area contributed by atoms with E-state index < -0.39 is 0 Å². The number of unbranched alkanes of at least 4 members (excludes halogenated alkanes) is 4. The highest BCUT2D eigenvalue weighted by Gasteiger charge is 2.30. The van der Waals surface area contributed by atoms with E-state index in [9.17, 15) is 9.59 Å². The number of carbonyl (C=O) groups excluding carboxylic acids is 1. The molecule has 0 aromatic carbocycles. The van der Waals surface area contributed by atoms with Crippen LogP contribution in [0.15, 0.2) is 0 Å². The van der Waals surface area contributed by atoms with E-state index in [0.29, 0.717) is 0 Å². The second kappa shape index (κ2) is 11.5. The predicted octanol–water partition coefficient (Wildman–Crippen LogP) is 4.60. The molecule has 0 radical (unpaired) electrons. The minimum atomic E-state index is -0.0171. The zero-order valence-corrected chi connectivity index (χ0v) is 15.9. The summed E-state index contributed by atoms with van der Waals surface area (Å²) in [5.74, 6) is 0.833. The second-order valence-corrected chi connectivity index (χ2v) is 8.01. The normalized spacial score (nSPS) is 29.8. The van der Waals surface area contributed by atoms with Gasteiger partial charge in [0, 0.05) is 12.8 Å². The van der Waals surface area contributed by atoms with Crippen molar-refractivity contribution in [1.29, 1.82) is 0 Å². The lowest BCUT2D eigenvalue weighted by Crippen LogP contribution is -2.32. The first kappa shape index (κ1) is 20.3. The lowest BCUT2D eigenvalue weighted by atomic mass is 9.83. The van der Waals surface area contributed by atoms with Gasteiger partial charge in [-0.05, 0) is 44.4 Å². The monoisotopic (exact) mass is 352 g/mol. The fourth-order valence-corrected chi connectivity index (χ4v) is 4.35. The van der Waals surface area contributed by atoms with Crippen LogP contribution >= 0.6 is 0 Å². The molecular weight excluding hydrogens is 316 g/mol. The summed E-state index contributed by atoms with van der Waals surface area (Å²) in [7, 11) is 0. The summed E-state index contributed by atoms with van der Waals surface area (Å²) in [5.41, 5.74) is 0. The summed E-state index contributed by atoms with van der Waals surface area (Å²) in [6.45, 7) is 3.89. The van der Waals surface area contributed by atoms with Crippen molar-refractivity contribution in [2.24, 2.45) is 11.8 Å². The molecule has 2 fully saturated rings. The molecule has 2 aliphatic rings. The number of aliphatic hydroxyl groups is 1. The highest BCUT2D eigenvalue weighted by atomic mass is 16.5. The molecule has 0 aromatic heterocycles. The SMILES string of the molecule is CCCCCCCC1CCC(OC(=O)C2CCC([OH+][C-]=O)CC2)CC1. The molecule has 2 aliphatic carbocycles. The van der Waals surface area contributed by atoms with Crippen molar-refractivity contribution in [1.82, 2.24) is 0 Å². The van der Waals surface area contributed by atoms with Crippen molar-refractivity contribution in [3.05, 3.63) is 0 Å². The molecular formula is C21H36O4. The Hall–Kier alpha value is -1.06. The first-order valence-corrected chi connectivity index (χ1v) is 10.5. The molecule has 2 rings (SSSR count). The van der Waals surface area contributed by atoms with Crippen LogP contribution in [0.5, 0.6) is 0 Å². The van der Waals surface area contributed by atoms with E-state index in [1.807, 2.05) is 0 Å². The number of carbonyl (C=O) groups is 1. The molecule has 144 valence electrons. The molecule has 0 bridgehead atoms. The Kier molecular flexibility index (Phi) is 9.35. The second-order valence-electron chi connectivity index (χ2n) is 8.01. The average molecular weight is 353 g/mol. The van der Waals surface area contributed by atoms with Crippen LogP contribution in [0.3, 0.4) is 0 Å². The molecule has 0 unspecified atom stereocenters. The van der Waals surface area contributed by atoms with Crippen molar-refractivity contribution in [2.45, 2.75) is 109 Å². The fraction of sp³-hybridized carbons (Fsp3) is 0.905. The van der Waals surface area contributed by atoms with Crippen molar-refractivity contribution < 1.29 is 19.1 Å². The van der Waals surface area contributed by atoms with Gasteiger partial charge in [0.2, 0.25) is 6.47 Å². The van der Waals surface area contributed by atoms with Crippen LogP contribution in [0.4, 0.5) is 0 Å². The van der Waals surface area contributed by atoms with E-state index in [4.69, 9.17) is 4.74 Å². The minimum absolute atomic E-state index is 0.00870. The molecule has 4 nitrogen and oxygen atoms in total. The van der Waals surface area contributed by atoms with Crippen LogP contribution < -0.4 is 0 Å². The van der Waals surface area contributed by atoms with Crippen LogP contribution in [-0.4, -0.2) is 29.4 Å². The van der Waals surface area contributed by atoms with Crippen LogP contribution in [-0.2, 0) is 14.3 Å². The summed E-state index contributed by atoms with van der Waals surface area (Å²) in [4.78, 5) is 22.7. The molecule has 0 atom stereocenters. The van der Waals surface area contributed by atoms with Gasteiger partial charge in [-0.15, -0.1) is 0 Å². The highest BCUT2D eigenvalue weighted by molar-refractivity contribution is 5.72. The van der Waals surface area contributed by atoms with Gasteiger partial charge in [-0.3, -0.25) is 4.79 Å². The van der Waals surface area contributed by atoms with Gasteiger partial charge in [0.25, 0.3) is 0 Å². The summed E-state index contributed by atoms with van der Waals surface area (Å²) >= 11 is 0. The molecule has 4 heteroatoms. The van der Waals surface area contributed by atoms with Crippen LogP contribution in [0.25, 0.3) is 0 Å². The van der Waals surface area contributed by atoms with E-state index in [2.05, 4.69) is 11.7 Å². The maximum Gasteiger partial charge on any atom is 0.309 e. The van der Waals surface area contributed by atoms with E-state index in [1.165, 1.54) is 51.4 Å². The largest absolute Gasteiger partial charge is 0.716 e. The van der Waals surface area contributed by atoms with E-state index in [0.717, 1.165) is 44.4 Å². The Morgan fingerprint density at radius 2 is 1.64 bits per heavy atom. The Balaban J connectivity index is 1.57. The predicted molar refractivity (Wildman–Crippen MR) is 98.9 cm³/mol. The van der Waals surface area contributed by atoms with Gasteiger partial charge in [0.15, 0.2) is 0 Å². The van der Waals surface area contributed by atoms with Gasteiger partial charge >= 0.3 is 5.97 Å². The lowest BCUT2D eigenvalue weighted by molar-refractivity contribution is -0.158. The Morgan fingerprint density at radius 3 is 2.28 bits per heavy atom. The van der Waals surface area contributed by atoms with Gasteiger partial charge in [0.05, 0.1) is 12.0 Å². The topological polar surface area (TPSA) is 56.2 Å². The highest BCUT2D eigenvalue weighted by Crippen LogP contribution is 2.32. The van der Waals surface area contributed by atoms with Gasteiger partial charge < -0.3 is 9.47 Å². The molecule has 0 aliphatic heterocycles. The Morgan fingerprint density at radius 1 is 0.960 bits per heavy atom. The zero-order valence-electron chi connectivity index (χ0n) is 15.9. The smallest absolute Gasteiger partial charge is 0.309 e. The quantitative estimate of drug-likeness (QED) is 0.250. The zero-order chi connectivity index (χ0) is 17.9. The summed E-state index contributed by atoms with van der Waals surface area (Å²) in [5, 5.41) is 0. The fourth-order valence-electron chi connectivity index (χ4n) is 4.35. The Bertz CT molecular complexity index is 379. The maximum atomic E-state index is 12.4. The van der Waals surface area contributed by atoms with Crippen molar-refractivity contribution >= 4 is 12.4 Å². The van der Waals surface area contributed by atoms with Crippen molar-refractivity contribution in [3.63, 3.8) is 0 Å². The number of hydrogen-bond donors (Lipinski definition) is 0. The molecule has 0 amide bonds. The first-order chi connectivity index (χ1) is 12.2. The number of ether oxygens (including phenoxy) is 2. The summed E-state index contributed by atoms with van der Waals surface area (Å²) in [6.07, 6.45) is 16.0. The van der Waals surface area contributed by atoms with Crippen LogP contribution in [0, 0.1) is 11.8 Å². The lowest BCUT2D eigenvalue weighted by Gasteiger charge is -2.32. The maximum absolute atomic E-state index is 12.4. The third-order valence-corrected chi connectivity index (χ3v) is 6.06. The van der Waals surface area contributed by atoms with Crippen molar-refractivity contribution in [2.75, 3.05) is 0 Å². The van der Waals surface area contributed by atoms with Gasteiger partial charge in [-0.25, -0.2) is 4.79 Å². The molecule has 0 saturated heterocycles. The van der Waals surface area contributed by atoms with E-state index >= 15 is 0 Å². The van der Waals surface area contributed by atoms with Crippen LogP contribution in [0.2, 0.25) is 0 Å². The van der Waals surface area contributed by atoms with Crippen LogP contribution in [0.1, 0.15) is 96.8 Å². The molecule has 25 heavy (non-hydrogen) atoms. The third kappa shape index (κ3) is 7.37. The van der Waals surface area contributed by atoms with Gasteiger partial charge in [-0.1, -0.05) is 45.4 Å². The van der Waals surface area contributed by atoms with Gasteiger partial charge in [0.1, 0.15) is 6.10 Å². The number of hydrogen-bond acceptors (Lipinski definition) is 3. The minimum Gasteiger partial charge on any atom is -0.716 e. The van der Waals surface area contributed by atoms with E-state index in [-0.39, 0.29) is 24.1 Å². The third-order valence-electron chi connectivity index (χ3n) is 6.06. The molecule has 0 spiro atoms. The summed E-state index contributed by atoms with van der Waals surface area (Å²) in [6, 6.07) is 0.